The Hall–Kier alpha value is -0.540. The van der Waals surface area contributed by atoms with E-state index in [9.17, 15) is 0 Å². The van der Waals surface area contributed by atoms with Crippen LogP contribution in [-0.2, 0) is 14.2 Å². The first-order valence-corrected chi connectivity index (χ1v) is 3.90. The summed E-state index contributed by atoms with van der Waals surface area (Å²) in [5.74, 6) is 0. The lowest BCUT2D eigenvalue weighted by atomic mass is 10.3. The van der Waals surface area contributed by atoms with Crippen molar-refractivity contribution in [2.45, 2.75) is 32.3 Å². The molecule has 1 heterocycles. The number of ether oxygens (including phenoxy) is 3. The third-order valence-electron chi connectivity index (χ3n) is 1.38. The Bertz CT molecular complexity index is 121. The van der Waals surface area contributed by atoms with Gasteiger partial charge in [0.1, 0.15) is 6.61 Å². The summed E-state index contributed by atoms with van der Waals surface area (Å²) in [7, 11) is 0. The van der Waals surface area contributed by atoms with Gasteiger partial charge in [-0.3, -0.25) is 0 Å². The van der Waals surface area contributed by atoms with Gasteiger partial charge in [-0.2, -0.15) is 0 Å². The van der Waals surface area contributed by atoms with E-state index in [1.165, 1.54) is 6.26 Å². The Kier molecular flexibility index (Phi) is 3.39. The highest BCUT2D eigenvalue weighted by Gasteiger charge is 2.27. The Balaban J connectivity index is 2.13. The number of hydrogen-bond acceptors (Lipinski definition) is 3. The zero-order chi connectivity index (χ0) is 8.10. The van der Waals surface area contributed by atoms with Crippen molar-refractivity contribution >= 4 is 0 Å². The van der Waals surface area contributed by atoms with E-state index in [-0.39, 0.29) is 12.6 Å². The third kappa shape index (κ3) is 3.39. The van der Waals surface area contributed by atoms with E-state index in [2.05, 4.69) is 13.5 Å². The van der Waals surface area contributed by atoms with Crippen molar-refractivity contribution in [1.82, 2.24) is 0 Å². The first-order valence-electron chi connectivity index (χ1n) is 3.90. The third-order valence-corrected chi connectivity index (χ3v) is 1.38. The fourth-order valence-corrected chi connectivity index (χ4v) is 0.798. The first kappa shape index (κ1) is 8.56. The summed E-state index contributed by atoms with van der Waals surface area (Å²) in [6.07, 6.45) is 3.11. The average Bonchev–Trinajstić information content (AvgIpc) is 2.73. The summed E-state index contributed by atoms with van der Waals surface area (Å²) in [5.41, 5.74) is 0. The zero-order valence-corrected chi connectivity index (χ0v) is 6.79. The molecule has 0 saturated carbocycles. The predicted octanol–water partition coefficient (Wildman–Crippen LogP) is 1.65. The molecular formula is C8H14O3. The molecule has 0 aromatic carbocycles. The van der Waals surface area contributed by atoms with Crippen molar-refractivity contribution in [2.24, 2.45) is 0 Å². The van der Waals surface area contributed by atoms with Crippen LogP contribution in [0.3, 0.4) is 0 Å². The molecule has 0 aromatic heterocycles. The van der Waals surface area contributed by atoms with Crippen LogP contribution in [0.5, 0.6) is 0 Å². The van der Waals surface area contributed by atoms with Crippen LogP contribution < -0.4 is 0 Å². The summed E-state index contributed by atoms with van der Waals surface area (Å²) in [5, 5.41) is 0. The van der Waals surface area contributed by atoms with E-state index in [4.69, 9.17) is 14.2 Å². The van der Waals surface area contributed by atoms with Gasteiger partial charge in [-0.05, 0) is 0 Å². The molecule has 1 aliphatic rings. The minimum Gasteiger partial charge on any atom is -0.473 e. The minimum atomic E-state index is -0.176. The molecule has 3 heteroatoms. The maximum absolute atomic E-state index is 5.33. The van der Waals surface area contributed by atoms with E-state index >= 15 is 0 Å². The summed E-state index contributed by atoms with van der Waals surface area (Å²) < 4.78 is 15.3. The summed E-state index contributed by atoms with van der Waals surface area (Å²) in [6.45, 7) is 6.24. The van der Waals surface area contributed by atoms with Crippen LogP contribution in [0.15, 0.2) is 12.8 Å². The van der Waals surface area contributed by atoms with Crippen LogP contribution >= 0.6 is 0 Å². The molecule has 3 nitrogen and oxygen atoms in total. The molecule has 0 amide bonds. The standard InChI is InChI=1S/C8H14O3/c1-3-5-7(9-4-2)11-8-6-10-8/h4,7-8H,2-3,5-6H2,1H3. The Morgan fingerprint density at radius 2 is 2.55 bits per heavy atom. The molecule has 1 aliphatic heterocycles. The second kappa shape index (κ2) is 4.36. The fourth-order valence-electron chi connectivity index (χ4n) is 0.798. The van der Waals surface area contributed by atoms with Crippen LogP contribution in [-0.4, -0.2) is 19.2 Å². The SMILES string of the molecule is C=COC(CCC)OC1CO1. The molecule has 0 bridgehead atoms. The van der Waals surface area contributed by atoms with E-state index in [1.54, 1.807) is 0 Å². The molecule has 0 N–H and O–H groups in total. The van der Waals surface area contributed by atoms with Gasteiger partial charge in [-0.25, -0.2) is 0 Å². The molecule has 0 aliphatic carbocycles. The second-order valence-electron chi connectivity index (χ2n) is 2.42. The van der Waals surface area contributed by atoms with Gasteiger partial charge >= 0.3 is 0 Å². The molecule has 2 unspecified atom stereocenters. The van der Waals surface area contributed by atoms with E-state index in [0.717, 1.165) is 12.8 Å². The molecule has 1 fully saturated rings. The highest BCUT2D eigenvalue weighted by atomic mass is 16.8. The van der Waals surface area contributed by atoms with Crippen LogP contribution in [0, 0.1) is 0 Å². The normalized spacial score (nSPS) is 24.3. The fraction of sp³-hybridized carbons (Fsp3) is 0.750. The molecule has 11 heavy (non-hydrogen) atoms. The average molecular weight is 158 g/mol. The van der Waals surface area contributed by atoms with Gasteiger partial charge in [0.15, 0.2) is 6.29 Å². The quantitative estimate of drug-likeness (QED) is 0.334. The molecule has 64 valence electrons. The first-order chi connectivity index (χ1) is 5.36. The number of hydrogen-bond donors (Lipinski definition) is 0. The Morgan fingerprint density at radius 3 is 3.00 bits per heavy atom. The predicted molar refractivity (Wildman–Crippen MR) is 40.8 cm³/mol. The van der Waals surface area contributed by atoms with Gasteiger partial charge in [0.2, 0.25) is 6.29 Å². The van der Waals surface area contributed by atoms with Crippen molar-refractivity contribution < 1.29 is 14.2 Å². The van der Waals surface area contributed by atoms with Gasteiger partial charge < -0.3 is 14.2 Å². The van der Waals surface area contributed by atoms with Crippen LogP contribution in [0.1, 0.15) is 19.8 Å². The van der Waals surface area contributed by atoms with Crippen molar-refractivity contribution in [3.05, 3.63) is 12.8 Å². The molecule has 0 radical (unpaired) electrons. The summed E-state index contributed by atoms with van der Waals surface area (Å²) >= 11 is 0. The molecule has 0 aromatic rings. The second-order valence-corrected chi connectivity index (χ2v) is 2.42. The Morgan fingerprint density at radius 1 is 1.82 bits per heavy atom. The minimum absolute atomic E-state index is 0.0356. The van der Waals surface area contributed by atoms with Gasteiger partial charge in [-0.15, -0.1) is 0 Å². The van der Waals surface area contributed by atoms with Gasteiger partial charge in [0.25, 0.3) is 0 Å². The zero-order valence-electron chi connectivity index (χ0n) is 6.79. The lowest BCUT2D eigenvalue weighted by Gasteiger charge is -2.14. The van der Waals surface area contributed by atoms with Gasteiger partial charge in [0, 0.05) is 6.42 Å². The van der Waals surface area contributed by atoms with Crippen LogP contribution in [0.4, 0.5) is 0 Å². The van der Waals surface area contributed by atoms with Crippen LogP contribution in [0.25, 0.3) is 0 Å². The number of rotatable bonds is 6. The highest BCUT2D eigenvalue weighted by molar-refractivity contribution is 4.60. The van der Waals surface area contributed by atoms with Crippen LogP contribution in [0.2, 0.25) is 0 Å². The largest absolute Gasteiger partial charge is 0.473 e. The van der Waals surface area contributed by atoms with E-state index in [0.29, 0.717) is 6.61 Å². The molecule has 1 rings (SSSR count). The van der Waals surface area contributed by atoms with Gasteiger partial charge in [-0.1, -0.05) is 19.9 Å². The molecule has 2 atom stereocenters. The molecule has 0 spiro atoms. The molecule has 1 saturated heterocycles. The van der Waals surface area contributed by atoms with Crippen molar-refractivity contribution in [2.75, 3.05) is 6.61 Å². The van der Waals surface area contributed by atoms with Crippen molar-refractivity contribution in [1.29, 1.82) is 0 Å². The maximum Gasteiger partial charge on any atom is 0.201 e. The highest BCUT2D eigenvalue weighted by Crippen LogP contribution is 2.16. The smallest absolute Gasteiger partial charge is 0.201 e. The van der Waals surface area contributed by atoms with E-state index in [1.807, 2.05) is 0 Å². The topological polar surface area (TPSA) is 31.0 Å². The van der Waals surface area contributed by atoms with Gasteiger partial charge in [0.05, 0.1) is 6.26 Å². The van der Waals surface area contributed by atoms with E-state index < -0.39 is 0 Å². The number of epoxide rings is 1. The Labute approximate surface area is 66.9 Å². The maximum atomic E-state index is 5.33. The molecular weight excluding hydrogens is 144 g/mol. The van der Waals surface area contributed by atoms with Crippen molar-refractivity contribution in [3.63, 3.8) is 0 Å². The monoisotopic (exact) mass is 158 g/mol. The summed E-state index contributed by atoms with van der Waals surface area (Å²) in [6, 6.07) is 0. The lowest BCUT2D eigenvalue weighted by Crippen LogP contribution is -2.15. The van der Waals surface area contributed by atoms with Crippen molar-refractivity contribution in [3.8, 4) is 0 Å². The lowest BCUT2D eigenvalue weighted by molar-refractivity contribution is -0.140. The summed E-state index contributed by atoms with van der Waals surface area (Å²) in [4.78, 5) is 0.